The Morgan fingerprint density at radius 2 is 2.00 bits per heavy atom. The smallest absolute Gasteiger partial charge is 0.298 e. The number of anilines is 1. The SMILES string of the molecule is O=COc1ccc(NS(=O)O)cc1. The fourth-order valence-electron chi connectivity index (χ4n) is 0.758. The summed E-state index contributed by atoms with van der Waals surface area (Å²) in [6, 6.07) is 6.05. The summed E-state index contributed by atoms with van der Waals surface area (Å²) in [5.74, 6) is 0.379. The van der Waals surface area contributed by atoms with Crippen LogP contribution in [0, 0.1) is 0 Å². The number of benzene rings is 1. The quantitative estimate of drug-likeness (QED) is 0.557. The van der Waals surface area contributed by atoms with Gasteiger partial charge in [-0.1, -0.05) is 0 Å². The van der Waals surface area contributed by atoms with Crippen LogP contribution in [0.3, 0.4) is 0 Å². The Bertz CT molecular complexity index is 311. The van der Waals surface area contributed by atoms with Gasteiger partial charge in [0.15, 0.2) is 0 Å². The molecule has 0 aliphatic carbocycles. The van der Waals surface area contributed by atoms with Crippen LogP contribution in [0.15, 0.2) is 24.3 Å². The minimum Gasteiger partial charge on any atom is -0.429 e. The molecule has 0 spiro atoms. The summed E-state index contributed by atoms with van der Waals surface area (Å²) in [4.78, 5) is 9.91. The Kier molecular flexibility index (Phi) is 3.41. The van der Waals surface area contributed by atoms with Crippen molar-refractivity contribution < 1.29 is 18.3 Å². The third-order valence-electron chi connectivity index (χ3n) is 1.24. The molecular formula is C7H7NO4S. The van der Waals surface area contributed by atoms with Crippen molar-refractivity contribution in [1.29, 1.82) is 0 Å². The summed E-state index contributed by atoms with van der Waals surface area (Å²) in [6.45, 7) is 0.312. The minimum atomic E-state index is -2.09. The van der Waals surface area contributed by atoms with E-state index in [-0.39, 0.29) is 0 Å². The number of ether oxygens (including phenoxy) is 1. The summed E-state index contributed by atoms with van der Waals surface area (Å²) >= 11 is -2.09. The van der Waals surface area contributed by atoms with Crippen molar-refractivity contribution in [1.82, 2.24) is 0 Å². The predicted octanol–water partition coefficient (Wildman–Crippen LogP) is 0.770. The number of hydrogen-bond acceptors (Lipinski definition) is 3. The molecule has 0 aliphatic rings. The van der Waals surface area contributed by atoms with Gasteiger partial charge in [0.2, 0.25) is 0 Å². The number of hydrogen-bond donors (Lipinski definition) is 2. The second kappa shape index (κ2) is 4.58. The summed E-state index contributed by atoms with van der Waals surface area (Å²) in [6.07, 6.45) is 0. The Morgan fingerprint density at radius 1 is 1.38 bits per heavy atom. The van der Waals surface area contributed by atoms with Crippen LogP contribution in [0.25, 0.3) is 0 Å². The highest BCUT2D eigenvalue weighted by atomic mass is 32.2. The number of rotatable bonds is 4. The van der Waals surface area contributed by atoms with Gasteiger partial charge in [0, 0.05) is 5.69 Å². The fraction of sp³-hybridized carbons (Fsp3) is 0. The molecule has 1 aromatic carbocycles. The van der Waals surface area contributed by atoms with Crippen molar-refractivity contribution in [3.8, 4) is 5.75 Å². The molecule has 1 rings (SSSR count). The second-order valence-corrected chi connectivity index (χ2v) is 2.79. The predicted molar refractivity (Wildman–Crippen MR) is 47.5 cm³/mol. The average Bonchev–Trinajstić information content (AvgIpc) is 2.08. The second-order valence-electron chi connectivity index (χ2n) is 2.09. The molecule has 0 amide bonds. The maximum atomic E-state index is 10.3. The van der Waals surface area contributed by atoms with Crippen molar-refractivity contribution in [2.24, 2.45) is 0 Å². The van der Waals surface area contributed by atoms with Crippen LogP contribution in [-0.4, -0.2) is 15.2 Å². The van der Waals surface area contributed by atoms with E-state index >= 15 is 0 Å². The lowest BCUT2D eigenvalue weighted by atomic mass is 10.3. The number of carbonyl (C=O) groups excluding carboxylic acids is 1. The van der Waals surface area contributed by atoms with Gasteiger partial charge in [-0.3, -0.25) is 14.1 Å². The van der Waals surface area contributed by atoms with Gasteiger partial charge in [-0.2, -0.15) is 0 Å². The van der Waals surface area contributed by atoms with Crippen LogP contribution >= 0.6 is 0 Å². The van der Waals surface area contributed by atoms with Crippen molar-refractivity contribution >= 4 is 23.4 Å². The van der Waals surface area contributed by atoms with E-state index in [2.05, 4.69) is 9.46 Å². The molecule has 0 aromatic heterocycles. The first-order chi connectivity index (χ1) is 6.22. The van der Waals surface area contributed by atoms with Gasteiger partial charge >= 0.3 is 0 Å². The Balaban J connectivity index is 2.69. The molecule has 0 radical (unpaired) electrons. The van der Waals surface area contributed by atoms with E-state index in [9.17, 15) is 9.00 Å². The van der Waals surface area contributed by atoms with Gasteiger partial charge in [0.05, 0.1) is 0 Å². The minimum absolute atomic E-state index is 0.312. The van der Waals surface area contributed by atoms with E-state index in [0.29, 0.717) is 17.9 Å². The maximum absolute atomic E-state index is 10.3. The third-order valence-corrected chi connectivity index (χ3v) is 1.65. The van der Waals surface area contributed by atoms with Gasteiger partial charge < -0.3 is 4.74 Å². The van der Waals surface area contributed by atoms with Crippen LogP contribution < -0.4 is 9.46 Å². The van der Waals surface area contributed by atoms with E-state index in [4.69, 9.17) is 4.55 Å². The summed E-state index contributed by atoms with van der Waals surface area (Å²) in [5, 5.41) is 0. The zero-order valence-electron chi connectivity index (χ0n) is 6.47. The van der Waals surface area contributed by atoms with Gasteiger partial charge in [-0.15, -0.1) is 0 Å². The topological polar surface area (TPSA) is 75.6 Å². The molecule has 70 valence electrons. The van der Waals surface area contributed by atoms with E-state index in [1.54, 1.807) is 0 Å². The lowest BCUT2D eigenvalue weighted by Crippen LogP contribution is -2.01. The van der Waals surface area contributed by atoms with Crippen LogP contribution in [0.5, 0.6) is 5.75 Å². The standard InChI is InChI=1S/C7H7NO4S/c9-5-12-7-3-1-6(2-4-7)8-13(10)11/h1-5,8H,(H,10,11). The van der Waals surface area contributed by atoms with Crippen LogP contribution in [0.1, 0.15) is 0 Å². The van der Waals surface area contributed by atoms with Gasteiger partial charge in [0.1, 0.15) is 5.75 Å². The summed E-state index contributed by atoms with van der Waals surface area (Å²) < 4.78 is 25.5. The maximum Gasteiger partial charge on any atom is 0.298 e. The summed E-state index contributed by atoms with van der Waals surface area (Å²) in [5.41, 5.74) is 0.471. The van der Waals surface area contributed by atoms with E-state index < -0.39 is 11.3 Å². The molecule has 2 N–H and O–H groups in total. The van der Waals surface area contributed by atoms with Crippen molar-refractivity contribution in [3.05, 3.63) is 24.3 Å². The highest BCUT2D eigenvalue weighted by Gasteiger charge is 1.96. The zero-order chi connectivity index (χ0) is 9.68. The Labute approximate surface area is 77.1 Å². The van der Waals surface area contributed by atoms with Gasteiger partial charge in [-0.25, -0.2) is 4.21 Å². The molecule has 5 nitrogen and oxygen atoms in total. The molecule has 6 heteroatoms. The molecule has 0 heterocycles. The van der Waals surface area contributed by atoms with E-state index in [0.717, 1.165) is 0 Å². The highest BCUT2D eigenvalue weighted by molar-refractivity contribution is 7.80. The largest absolute Gasteiger partial charge is 0.429 e. The molecule has 1 unspecified atom stereocenters. The summed E-state index contributed by atoms with van der Waals surface area (Å²) in [7, 11) is 0. The lowest BCUT2D eigenvalue weighted by molar-refractivity contribution is -0.120. The lowest BCUT2D eigenvalue weighted by Gasteiger charge is -2.01. The molecule has 0 bridgehead atoms. The molecule has 1 atom stereocenters. The number of nitrogens with one attached hydrogen (secondary N) is 1. The van der Waals surface area contributed by atoms with Crippen LogP contribution in [-0.2, 0) is 16.1 Å². The van der Waals surface area contributed by atoms with Crippen LogP contribution in [0.4, 0.5) is 5.69 Å². The molecule has 0 fully saturated rings. The van der Waals surface area contributed by atoms with Crippen molar-refractivity contribution in [2.45, 2.75) is 0 Å². The van der Waals surface area contributed by atoms with Crippen molar-refractivity contribution in [3.63, 3.8) is 0 Å². The van der Waals surface area contributed by atoms with Gasteiger partial charge in [-0.05, 0) is 24.3 Å². The number of carbonyl (C=O) groups is 1. The first-order valence-electron chi connectivity index (χ1n) is 3.30. The average molecular weight is 201 g/mol. The van der Waals surface area contributed by atoms with Crippen molar-refractivity contribution in [2.75, 3.05) is 4.72 Å². The highest BCUT2D eigenvalue weighted by Crippen LogP contribution is 2.14. The van der Waals surface area contributed by atoms with E-state index in [1.165, 1.54) is 24.3 Å². The molecular weight excluding hydrogens is 194 g/mol. The molecule has 1 aromatic rings. The monoisotopic (exact) mass is 201 g/mol. The molecule has 0 saturated carbocycles. The Hall–Kier alpha value is -1.40. The molecule has 13 heavy (non-hydrogen) atoms. The molecule has 0 aliphatic heterocycles. The first-order valence-corrected chi connectivity index (χ1v) is 4.41. The normalized spacial score (nSPS) is 11.8. The molecule has 0 saturated heterocycles. The first kappa shape index (κ1) is 9.69. The van der Waals surface area contributed by atoms with E-state index in [1.807, 2.05) is 0 Å². The zero-order valence-corrected chi connectivity index (χ0v) is 7.28. The van der Waals surface area contributed by atoms with Gasteiger partial charge in [0.25, 0.3) is 17.7 Å². The Morgan fingerprint density at radius 3 is 2.46 bits per heavy atom. The third kappa shape index (κ3) is 3.22. The van der Waals surface area contributed by atoms with Crippen LogP contribution in [0.2, 0.25) is 0 Å². The fourth-order valence-corrected chi connectivity index (χ4v) is 1.10.